The van der Waals surface area contributed by atoms with Crippen LogP contribution in [-0.2, 0) is 16.4 Å². The number of aromatic nitrogens is 1. The molecule has 6 nitrogen and oxygen atoms in total. The third-order valence-electron chi connectivity index (χ3n) is 5.01. The Kier molecular flexibility index (Phi) is 6.28. The molecule has 0 saturated carbocycles. The van der Waals surface area contributed by atoms with Gasteiger partial charge in [-0.3, -0.25) is 9.88 Å². The molecule has 1 fully saturated rings. The van der Waals surface area contributed by atoms with E-state index in [-0.39, 0.29) is 12.1 Å². The molecule has 1 saturated heterocycles. The van der Waals surface area contributed by atoms with Crippen LogP contribution in [0.25, 0.3) is 0 Å². The van der Waals surface area contributed by atoms with Crippen molar-refractivity contribution in [2.75, 3.05) is 23.4 Å². The number of pyridine rings is 1. The summed E-state index contributed by atoms with van der Waals surface area (Å²) in [5, 5.41) is 3.39. The van der Waals surface area contributed by atoms with Crippen LogP contribution in [0.3, 0.4) is 0 Å². The van der Waals surface area contributed by atoms with E-state index < -0.39 is 20.2 Å². The molecule has 1 atom stereocenters. The smallest absolute Gasteiger partial charge is 0.381 e. The normalized spacial score (nSPS) is 18.2. The first-order valence-electron chi connectivity index (χ1n) is 9.59. The Morgan fingerprint density at radius 1 is 1.20 bits per heavy atom. The van der Waals surface area contributed by atoms with Gasteiger partial charge in [-0.2, -0.15) is 13.2 Å². The summed E-state index contributed by atoms with van der Waals surface area (Å²) in [6.45, 7) is 8.15. The summed E-state index contributed by atoms with van der Waals surface area (Å²) < 4.78 is 61.3. The minimum absolute atomic E-state index is 0.212. The lowest BCUT2D eigenvalue weighted by Crippen LogP contribution is -2.29. The topological polar surface area (TPSA) is 65.5 Å². The van der Waals surface area contributed by atoms with Crippen molar-refractivity contribution in [2.45, 2.75) is 49.8 Å². The van der Waals surface area contributed by atoms with E-state index in [1.807, 2.05) is 11.0 Å². The lowest BCUT2D eigenvalue weighted by atomic mass is 10.2. The van der Waals surface area contributed by atoms with Crippen LogP contribution in [0.5, 0.6) is 0 Å². The lowest BCUT2D eigenvalue weighted by Gasteiger charge is -2.23. The number of halogens is 3. The van der Waals surface area contributed by atoms with E-state index in [1.54, 1.807) is 12.4 Å². The molecule has 10 heteroatoms. The molecule has 0 aliphatic carbocycles. The summed E-state index contributed by atoms with van der Waals surface area (Å²) in [7, 11) is -5.34. The SMILES string of the molecule is CC(C)Nc1cnccc1CN1CN(c2ccc(S(=O)(=O)C(F)(F)F)cc2)CC1C. The Balaban J connectivity index is 1.73. The fraction of sp³-hybridized carbons (Fsp3) is 0.450. The summed E-state index contributed by atoms with van der Waals surface area (Å²) in [6, 6.07) is 7.32. The maximum absolute atomic E-state index is 12.7. The number of sulfone groups is 1. The van der Waals surface area contributed by atoms with Gasteiger partial charge in [0.05, 0.1) is 23.4 Å². The van der Waals surface area contributed by atoms with Crippen LogP contribution in [0.2, 0.25) is 0 Å². The molecule has 0 amide bonds. The zero-order valence-electron chi connectivity index (χ0n) is 17.0. The largest absolute Gasteiger partial charge is 0.501 e. The Hall–Kier alpha value is -2.33. The highest BCUT2D eigenvalue weighted by atomic mass is 32.2. The van der Waals surface area contributed by atoms with Crippen LogP contribution in [-0.4, -0.2) is 49.1 Å². The molecule has 1 aliphatic heterocycles. The first kappa shape index (κ1) is 22.4. The highest BCUT2D eigenvalue weighted by Crippen LogP contribution is 2.32. The molecular formula is C20H25F3N4O2S. The number of hydrogen-bond acceptors (Lipinski definition) is 6. The molecule has 1 aliphatic rings. The second kappa shape index (κ2) is 8.43. The zero-order valence-corrected chi connectivity index (χ0v) is 17.8. The molecule has 0 spiro atoms. The second-order valence-corrected chi connectivity index (χ2v) is 9.68. The third-order valence-corrected chi connectivity index (χ3v) is 6.51. The zero-order chi connectivity index (χ0) is 22.1. The molecular weight excluding hydrogens is 417 g/mol. The molecule has 0 bridgehead atoms. The summed E-state index contributed by atoms with van der Waals surface area (Å²) in [5.41, 5.74) is -2.54. The van der Waals surface area contributed by atoms with E-state index in [2.05, 4.69) is 36.0 Å². The first-order valence-corrected chi connectivity index (χ1v) is 11.1. The summed E-state index contributed by atoms with van der Waals surface area (Å²) in [4.78, 5) is 7.70. The number of benzene rings is 1. The Morgan fingerprint density at radius 2 is 1.87 bits per heavy atom. The van der Waals surface area contributed by atoms with E-state index in [1.165, 1.54) is 12.1 Å². The quantitative estimate of drug-likeness (QED) is 0.733. The fourth-order valence-corrected chi connectivity index (χ4v) is 4.20. The van der Waals surface area contributed by atoms with Crippen LogP contribution in [0.1, 0.15) is 26.3 Å². The van der Waals surface area contributed by atoms with E-state index >= 15 is 0 Å². The van der Waals surface area contributed by atoms with Gasteiger partial charge < -0.3 is 10.2 Å². The average molecular weight is 443 g/mol. The predicted molar refractivity (Wildman–Crippen MR) is 110 cm³/mol. The standard InChI is InChI=1S/C20H25F3N4O2S/c1-14(2)25-19-10-24-9-8-16(19)12-26-13-27(11-15(26)3)17-4-6-18(7-5-17)30(28,29)20(21,22)23/h4-10,14-15,25H,11-13H2,1-3H3. The maximum Gasteiger partial charge on any atom is 0.501 e. The number of nitrogens with zero attached hydrogens (tertiary/aromatic N) is 3. The summed E-state index contributed by atoms with van der Waals surface area (Å²) in [5.74, 6) is 0. The number of hydrogen-bond donors (Lipinski definition) is 1. The molecule has 1 aromatic heterocycles. The molecule has 3 rings (SSSR count). The van der Waals surface area contributed by atoms with E-state index in [9.17, 15) is 21.6 Å². The van der Waals surface area contributed by atoms with E-state index in [0.29, 0.717) is 25.4 Å². The predicted octanol–water partition coefficient (Wildman–Crippen LogP) is 3.86. The molecule has 0 radical (unpaired) electrons. The Labute approximate surface area is 174 Å². The third kappa shape index (κ3) is 4.70. The average Bonchev–Trinajstić information content (AvgIpc) is 3.02. The molecule has 30 heavy (non-hydrogen) atoms. The number of alkyl halides is 3. The molecule has 1 unspecified atom stereocenters. The Morgan fingerprint density at radius 3 is 2.47 bits per heavy atom. The van der Waals surface area contributed by atoms with E-state index in [4.69, 9.17) is 0 Å². The van der Waals surface area contributed by atoms with Gasteiger partial charge in [0.25, 0.3) is 9.84 Å². The van der Waals surface area contributed by atoms with Gasteiger partial charge in [-0.15, -0.1) is 0 Å². The minimum Gasteiger partial charge on any atom is -0.381 e. The van der Waals surface area contributed by atoms with Crippen LogP contribution in [0, 0.1) is 0 Å². The van der Waals surface area contributed by atoms with Gasteiger partial charge in [0.15, 0.2) is 0 Å². The second-order valence-electron chi connectivity index (χ2n) is 7.73. The molecule has 2 aromatic rings. The highest BCUT2D eigenvalue weighted by Gasteiger charge is 2.46. The van der Waals surface area contributed by atoms with Crippen molar-refractivity contribution in [3.8, 4) is 0 Å². The van der Waals surface area contributed by atoms with Crippen LogP contribution < -0.4 is 10.2 Å². The van der Waals surface area contributed by atoms with Crippen molar-refractivity contribution in [1.29, 1.82) is 0 Å². The van der Waals surface area contributed by atoms with Crippen LogP contribution in [0.4, 0.5) is 24.5 Å². The van der Waals surface area contributed by atoms with Crippen molar-refractivity contribution in [2.24, 2.45) is 0 Å². The summed E-state index contributed by atoms with van der Waals surface area (Å²) >= 11 is 0. The van der Waals surface area contributed by atoms with Gasteiger partial charge in [-0.25, -0.2) is 8.42 Å². The van der Waals surface area contributed by atoms with Crippen LogP contribution in [0.15, 0.2) is 47.6 Å². The molecule has 2 heterocycles. The number of rotatable bonds is 6. The van der Waals surface area contributed by atoms with Gasteiger partial charge in [-0.05, 0) is 56.7 Å². The van der Waals surface area contributed by atoms with Gasteiger partial charge in [0.1, 0.15) is 0 Å². The van der Waals surface area contributed by atoms with Crippen molar-refractivity contribution >= 4 is 21.2 Å². The van der Waals surface area contributed by atoms with Gasteiger partial charge >= 0.3 is 5.51 Å². The lowest BCUT2D eigenvalue weighted by molar-refractivity contribution is -0.0436. The number of nitrogens with one attached hydrogen (secondary N) is 1. The van der Waals surface area contributed by atoms with Gasteiger partial charge in [0, 0.05) is 37.1 Å². The van der Waals surface area contributed by atoms with Gasteiger partial charge in [0.2, 0.25) is 0 Å². The van der Waals surface area contributed by atoms with E-state index in [0.717, 1.165) is 23.4 Å². The molecule has 1 N–H and O–H groups in total. The monoisotopic (exact) mass is 442 g/mol. The van der Waals surface area contributed by atoms with Gasteiger partial charge in [-0.1, -0.05) is 0 Å². The molecule has 164 valence electrons. The van der Waals surface area contributed by atoms with Crippen molar-refractivity contribution in [3.05, 3.63) is 48.3 Å². The number of anilines is 2. The fourth-order valence-electron chi connectivity index (χ4n) is 3.43. The molecule has 1 aromatic carbocycles. The Bertz CT molecular complexity index is 978. The van der Waals surface area contributed by atoms with Crippen molar-refractivity contribution < 1.29 is 21.6 Å². The summed E-state index contributed by atoms with van der Waals surface area (Å²) in [6.07, 6.45) is 3.55. The first-order chi connectivity index (χ1) is 14.0. The van der Waals surface area contributed by atoms with Crippen LogP contribution >= 0.6 is 0 Å². The minimum atomic E-state index is -5.34. The maximum atomic E-state index is 12.7. The van der Waals surface area contributed by atoms with Crippen molar-refractivity contribution in [3.63, 3.8) is 0 Å². The highest BCUT2D eigenvalue weighted by molar-refractivity contribution is 7.92. The van der Waals surface area contributed by atoms with Crippen molar-refractivity contribution in [1.82, 2.24) is 9.88 Å².